The molecule has 0 amide bonds. The molecule has 5 heteroatoms. The molecule has 0 saturated carbocycles. The van der Waals surface area contributed by atoms with Crippen molar-refractivity contribution >= 4 is 28.4 Å². The molecule has 1 N–H and O–H groups in total. The van der Waals surface area contributed by atoms with Crippen molar-refractivity contribution in [1.82, 2.24) is 0 Å². The second kappa shape index (κ2) is 7.38. The molecule has 2 rings (SSSR count). The van der Waals surface area contributed by atoms with E-state index in [2.05, 4.69) is 0 Å². The Bertz CT molecular complexity index is 626. The number of carboxylic acids is 1. The Morgan fingerprint density at radius 3 is 2.29 bits per heavy atom. The van der Waals surface area contributed by atoms with Crippen molar-refractivity contribution in [3.63, 3.8) is 0 Å². The predicted molar refractivity (Wildman–Crippen MR) is 85.0 cm³/mol. The molecule has 0 spiro atoms. The zero-order valence-corrected chi connectivity index (χ0v) is 12.8. The second-order valence-corrected chi connectivity index (χ2v) is 6.62. The Labute approximate surface area is 131 Å². The topological polar surface area (TPSA) is 54.4 Å². The van der Waals surface area contributed by atoms with Gasteiger partial charge in [0.15, 0.2) is 0 Å². The van der Waals surface area contributed by atoms with E-state index in [-0.39, 0.29) is 5.75 Å². The molecule has 0 saturated heterocycles. The van der Waals surface area contributed by atoms with Crippen LogP contribution in [0.1, 0.15) is 17.0 Å². The summed E-state index contributed by atoms with van der Waals surface area (Å²) in [6.45, 7) is 0. The quantitative estimate of drug-likeness (QED) is 0.886. The minimum atomic E-state index is -1.25. The maximum Gasteiger partial charge on any atom is 0.311 e. The summed E-state index contributed by atoms with van der Waals surface area (Å²) in [4.78, 5) is 11.4. The van der Waals surface area contributed by atoms with Crippen molar-refractivity contribution in [2.75, 3.05) is 5.75 Å². The van der Waals surface area contributed by atoms with Crippen LogP contribution in [0.4, 0.5) is 0 Å². The summed E-state index contributed by atoms with van der Waals surface area (Å²) in [7, 11) is -1.25. The van der Waals surface area contributed by atoms with E-state index in [1.807, 2.05) is 6.07 Å². The van der Waals surface area contributed by atoms with E-state index >= 15 is 0 Å². The summed E-state index contributed by atoms with van der Waals surface area (Å²) in [5, 5.41) is 9.95. The van der Waals surface area contributed by atoms with E-state index in [9.17, 15) is 14.1 Å². The molecule has 0 fully saturated rings. The molecular formula is C16H15ClO3S. The number of aliphatic carboxylic acids is 1. The average molecular weight is 323 g/mol. The fourth-order valence-corrected chi connectivity index (χ4v) is 3.52. The van der Waals surface area contributed by atoms with E-state index in [1.54, 1.807) is 48.5 Å². The predicted octanol–water partition coefficient (Wildman–Crippen LogP) is 3.46. The number of hydrogen-bond acceptors (Lipinski definition) is 2. The van der Waals surface area contributed by atoms with Gasteiger partial charge in [-0.2, -0.15) is 0 Å². The third-order valence-electron chi connectivity index (χ3n) is 3.09. The molecule has 21 heavy (non-hydrogen) atoms. The van der Waals surface area contributed by atoms with Gasteiger partial charge in [0.25, 0.3) is 0 Å². The molecule has 3 nitrogen and oxygen atoms in total. The molecule has 2 aromatic carbocycles. The number of carboxylic acid groups (broad SMARTS) is 1. The molecule has 0 aliphatic rings. The number of benzene rings is 2. The lowest BCUT2D eigenvalue weighted by atomic mass is 10.0. The van der Waals surface area contributed by atoms with E-state index in [4.69, 9.17) is 11.6 Å². The van der Waals surface area contributed by atoms with E-state index < -0.39 is 22.7 Å². The van der Waals surface area contributed by atoms with Crippen LogP contribution in [0, 0.1) is 0 Å². The first kappa shape index (κ1) is 15.7. The third kappa shape index (κ3) is 4.69. The minimum absolute atomic E-state index is 0.0992. The standard InChI is InChI=1S/C16H15ClO3S/c17-14-8-6-12(7-9-14)10-21(20)11-15(16(18)19)13-4-2-1-3-5-13/h1-9,15H,10-11H2,(H,18,19). The van der Waals surface area contributed by atoms with E-state index in [0.717, 1.165) is 5.56 Å². The Balaban J connectivity index is 2.05. The molecule has 2 atom stereocenters. The molecule has 0 heterocycles. The lowest BCUT2D eigenvalue weighted by Gasteiger charge is -2.12. The van der Waals surface area contributed by atoms with Gasteiger partial charge in [-0.15, -0.1) is 0 Å². The van der Waals surface area contributed by atoms with Gasteiger partial charge in [0.05, 0.1) is 5.92 Å². The van der Waals surface area contributed by atoms with Gasteiger partial charge < -0.3 is 5.11 Å². The maximum atomic E-state index is 12.2. The van der Waals surface area contributed by atoms with Crippen LogP contribution in [0.25, 0.3) is 0 Å². The van der Waals surface area contributed by atoms with Crippen LogP contribution < -0.4 is 0 Å². The lowest BCUT2D eigenvalue weighted by Crippen LogP contribution is -2.19. The van der Waals surface area contributed by atoms with Crippen LogP contribution in [0.15, 0.2) is 54.6 Å². The summed E-state index contributed by atoms with van der Waals surface area (Å²) >= 11 is 5.80. The first-order valence-corrected chi connectivity index (χ1v) is 8.30. The van der Waals surface area contributed by atoms with Gasteiger partial charge in [0.1, 0.15) is 0 Å². The maximum absolute atomic E-state index is 12.2. The van der Waals surface area contributed by atoms with Gasteiger partial charge in [-0.1, -0.05) is 54.1 Å². The monoisotopic (exact) mass is 322 g/mol. The molecule has 2 unspecified atom stereocenters. The molecule has 0 aliphatic heterocycles. The second-order valence-electron chi connectivity index (χ2n) is 4.68. The number of rotatable bonds is 6. The van der Waals surface area contributed by atoms with Gasteiger partial charge in [-0.3, -0.25) is 9.00 Å². The molecule has 0 aromatic heterocycles. The van der Waals surface area contributed by atoms with Crippen LogP contribution >= 0.6 is 11.6 Å². The van der Waals surface area contributed by atoms with E-state index in [1.165, 1.54) is 0 Å². The van der Waals surface area contributed by atoms with Gasteiger partial charge >= 0.3 is 5.97 Å². The highest BCUT2D eigenvalue weighted by Gasteiger charge is 2.22. The zero-order chi connectivity index (χ0) is 15.2. The molecule has 0 aliphatic carbocycles. The normalized spacial score (nSPS) is 13.6. The SMILES string of the molecule is O=C(O)C(CS(=O)Cc1ccc(Cl)cc1)c1ccccc1. The van der Waals surface area contributed by atoms with Gasteiger partial charge in [0.2, 0.25) is 0 Å². The molecule has 0 bridgehead atoms. The molecule has 0 radical (unpaired) electrons. The van der Waals surface area contributed by atoms with Crippen LogP contribution in [0.2, 0.25) is 5.02 Å². The Kier molecular flexibility index (Phi) is 5.53. The summed E-state index contributed by atoms with van der Waals surface area (Å²) in [6, 6.07) is 16.0. The van der Waals surface area contributed by atoms with Crippen LogP contribution in [0.5, 0.6) is 0 Å². The third-order valence-corrected chi connectivity index (χ3v) is 4.71. The summed E-state index contributed by atoms with van der Waals surface area (Å²) in [6.07, 6.45) is 0. The fraction of sp³-hybridized carbons (Fsp3) is 0.188. The Hall–Kier alpha value is -1.65. The number of halogens is 1. The fourth-order valence-electron chi connectivity index (χ4n) is 2.01. The van der Waals surface area contributed by atoms with Crippen molar-refractivity contribution in [2.24, 2.45) is 0 Å². The highest BCUT2D eigenvalue weighted by Crippen LogP contribution is 2.19. The van der Waals surface area contributed by atoms with Crippen LogP contribution in [-0.2, 0) is 21.3 Å². The first-order chi connectivity index (χ1) is 10.1. The lowest BCUT2D eigenvalue weighted by molar-refractivity contribution is -0.138. The van der Waals surface area contributed by atoms with Gasteiger partial charge in [-0.25, -0.2) is 0 Å². The van der Waals surface area contributed by atoms with Crippen LogP contribution in [-0.4, -0.2) is 21.0 Å². The van der Waals surface area contributed by atoms with Crippen molar-refractivity contribution in [3.05, 3.63) is 70.7 Å². The Morgan fingerprint density at radius 1 is 1.10 bits per heavy atom. The summed E-state index contributed by atoms with van der Waals surface area (Å²) < 4.78 is 12.2. The zero-order valence-electron chi connectivity index (χ0n) is 11.2. The van der Waals surface area contributed by atoms with Crippen LogP contribution in [0.3, 0.4) is 0 Å². The van der Waals surface area contributed by atoms with Crippen molar-refractivity contribution < 1.29 is 14.1 Å². The van der Waals surface area contributed by atoms with Crippen molar-refractivity contribution in [3.8, 4) is 0 Å². The highest BCUT2D eigenvalue weighted by molar-refractivity contribution is 7.84. The van der Waals surface area contributed by atoms with Gasteiger partial charge in [0, 0.05) is 27.3 Å². The van der Waals surface area contributed by atoms with Crippen molar-refractivity contribution in [1.29, 1.82) is 0 Å². The molecular weight excluding hydrogens is 308 g/mol. The van der Waals surface area contributed by atoms with E-state index in [0.29, 0.717) is 16.3 Å². The summed E-state index contributed by atoms with van der Waals surface area (Å²) in [5.41, 5.74) is 1.56. The number of hydrogen-bond donors (Lipinski definition) is 1. The van der Waals surface area contributed by atoms with Crippen molar-refractivity contribution in [2.45, 2.75) is 11.7 Å². The minimum Gasteiger partial charge on any atom is -0.481 e. The highest BCUT2D eigenvalue weighted by atomic mass is 35.5. The molecule has 110 valence electrons. The average Bonchev–Trinajstić information content (AvgIpc) is 2.48. The first-order valence-electron chi connectivity index (χ1n) is 6.43. The van der Waals surface area contributed by atoms with Gasteiger partial charge in [-0.05, 0) is 23.3 Å². The number of carbonyl (C=O) groups is 1. The smallest absolute Gasteiger partial charge is 0.311 e. The largest absolute Gasteiger partial charge is 0.481 e. The molecule has 2 aromatic rings. The summed E-state index contributed by atoms with van der Waals surface area (Å²) in [5.74, 6) is -1.28. The Morgan fingerprint density at radius 2 is 1.71 bits per heavy atom.